The first-order valence-corrected chi connectivity index (χ1v) is 9.88. The maximum atomic E-state index is 13.1. The van der Waals surface area contributed by atoms with Gasteiger partial charge >= 0.3 is 0 Å². The summed E-state index contributed by atoms with van der Waals surface area (Å²) in [6.45, 7) is 2.45. The molecule has 0 fully saturated rings. The number of carbonyl (C=O) groups excluding carboxylic acids is 1. The molecule has 2 aromatic rings. The normalized spacial score (nSPS) is 11.4. The van der Waals surface area contributed by atoms with Gasteiger partial charge in [0.2, 0.25) is 15.9 Å². The average molecular weight is 392 g/mol. The molecule has 0 saturated carbocycles. The highest BCUT2D eigenvalue weighted by Gasteiger charge is 2.25. The van der Waals surface area contributed by atoms with E-state index < -0.39 is 15.9 Å². The van der Waals surface area contributed by atoms with Crippen LogP contribution >= 0.6 is 0 Å². The Morgan fingerprint density at radius 3 is 2.19 bits per heavy atom. The van der Waals surface area contributed by atoms with Crippen LogP contribution in [0.2, 0.25) is 0 Å². The molecule has 146 valence electrons. The van der Waals surface area contributed by atoms with Gasteiger partial charge in [-0.1, -0.05) is 19.1 Å². The van der Waals surface area contributed by atoms with Crippen molar-refractivity contribution in [3.8, 4) is 11.5 Å². The third-order valence-electron chi connectivity index (χ3n) is 4.06. The van der Waals surface area contributed by atoms with Crippen LogP contribution in [-0.4, -0.2) is 39.4 Å². The van der Waals surface area contributed by atoms with Crippen molar-refractivity contribution >= 4 is 15.9 Å². The van der Waals surface area contributed by atoms with Gasteiger partial charge in [0, 0.05) is 24.7 Å². The number of hydrogen-bond acceptors (Lipinski definition) is 5. The zero-order valence-corrected chi connectivity index (χ0v) is 16.5. The van der Waals surface area contributed by atoms with Gasteiger partial charge in [0.15, 0.2) is 11.5 Å². The average Bonchev–Trinajstić information content (AvgIpc) is 2.67. The van der Waals surface area contributed by atoms with E-state index in [-0.39, 0.29) is 11.4 Å². The number of nitrogens with zero attached hydrogens (tertiary/aromatic N) is 1. The number of carbonyl (C=O) groups is 1. The first-order chi connectivity index (χ1) is 12.8. The summed E-state index contributed by atoms with van der Waals surface area (Å²) < 4.78 is 38.0. The molecule has 0 spiro atoms. The lowest BCUT2D eigenvalue weighted by molar-refractivity contribution is 0.1000. The molecule has 0 atom stereocenters. The monoisotopic (exact) mass is 392 g/mol. The Bertz CT molecular complexity index is 895. The molecule has 0 saturated heterocycles. The number of nitrogens with two attached hydrogens (primary N) is 1. The van der Waals surface area contributed by atoms with Gasteiger partial charge in [-0.2, -0.15) is 4.31 Å². The smallest absolute Gasteiger partial charge is 0.248 e. The fourth-order valence-electron chi connectivity index (χ4n) is 2.64. The van der Waals surface area contributed by atoms with E-state index in [1.54, 1.807) is 30.3 Å². The second kappa shape index (κ2) is 8.88. The molecule has 2 N–H and O–H groups in total. The standard InChI is InChI=1S/C19H24N2O5S/c1-4-11-21(13-14-5-7-15(8-6-14)19(20)22)27(23,24)16-9-10-17(25-2)18(12-16)26-3/h5-10,12H,4,11,13H2,1-3H3,(H2,20,22). The number of methoxy groups -OCH3 is 2. The number of ether oxygens (including phenoxy) is 2. The summed E-state index contributed by atoms with van der Waals surface area (Å²) in [4.78, 5) is 11.3. The summed E-state index contributed by atoms with van der Waals surface area (Å²) in [6.07, 6.45) is 0.659. The van der Waals surface area contributed by atoms with E-state index >= 15 is 0 Å². The van der Waals surface area contributed by atoms with Crippen LogP contribution in [0.1, 0.15) is 29.3 Å². The molecule has 27 heavy (non-hydrogen) atoms. The Balaban J connectivity index is 2.34. The van der Waals surface area contributed by atoms with Gasteiger partial charge in [-0.15, -0.1) is 0 Å². The Labute approximate surface area is 159 Å². The van der Waals surface area contributed by atoms with Crippen molar-refractivity contribution < 1.29 is 22.7 Å². The maximum Gasteiger partial charge on any atom is 0.248 e. The second-order valence-electron chi connectivity index (χ2n) is 5.92. The molecule has 0 aliphatic rings. The molecule has 0 heterocycles. The van der Waals surface area contributed by atoms with Crippen LogP contribution in [0.5, 0.6) is 11.5 Å². The van der Waals surface area contributed by atoms with E-state index in [1.165, 1.54) is 30.7 Å². The SMILES string of the molecule is CCCN(Cc1ccc(C(N)=O)cc1)S(=O)(=O)c1ccc(OC)c(OC)c1. The van der Waals surface area contributed by atoms with Crippen molar-refractivity contribution in [3.63, 3.8) is 0 Å². The molecule has 0 aliphatic heterocycles. The molecule has 0 radical (unpaired) electrons. The Kier molecular flexibility index (Phi) is 6.81. The quantitative estimate of drug-likeness (QED) is 0.706. The molecule has 1 amide bonds. The third kappa shape index (κ3) is 4.78. The number of hydrogen-bond donors (Lipinski definition) is 1. The summed E-state index contributed by atoms with van der Waals surface area (Å²) in [7, 11) is -0.791. The summed E-state index contributed by atoms with van der Waals surface area (Å²) in [5, 5.41) is 0. The van der Waals surface area contributed by atoms with Crippen LogP contribution in [0, 0.1) is 0 Å². The number of sulfonamides is 1. The largest absolute Gasteiger partial charge is 0.493 e. The van der Waals surface area contributed by atoms with Gasteiger partial charge in [0.25, 0.3) is 0 Å². The fraction of sp³-hybridized carbons (Fsp3) is 0.316. The van der Waals surface area contributed by atoms with Crippen LogP contribution in [0.25, 0.3) is 0 Å². The van der Waals surface area contributed by atoms with Gasteiger partial charge in [-0.3, -0.25) is 4.79 Å². The predicted molar refractivity (Wildman–Crippen MR) is 102 cm³/mol. The molecule has 0 unspecified atom stereocenters. The molecule has 0 aromatic heterocycles. The van der Waals surface area contributed by atoms with Gasteiger partial charge in [-0.05, 0) is 36.2 Å². The van der Waals surface area contributed by atoms with E-state index in [0.717, 1.165) is 5.56 Å². The van der Waals surface area contributed by atoms with Crippen molar-refractivity contribution in [2.24, 2.45) is 5.73 Å². The highest BCUT2D eigenvalue weighted by Crippen LogP contribution is 2.31. The van der Waals surface area contributed by atoms with Gasteiger partial charge in [0.05, 0.1) is 19.1 Å². The lowest BCUT2D eigenvalue weighted by Crippen LogP contribution is -2.31. The predicted octanol–water partition coefficient (Wildman–Crippen LogP) is 2.40. The fourth-order valence-corrected chi connectivity index (χ4v) is 4.17. The summed E-state index contributed by atoms with van der Waals surface area (Å²) in [5.41, 5.74) is 6.38. The van der Waals surface area contributed by atoms with E-state index in [4.69, 9.17) is 15.2 Å². The second-order valence-corrected chi connectivity index (χ2v) is 7.85. The van der Waals surface area contributed by atoms with Crippen LogP contribution in [0.3, 0.4) is 0 Å². The molecule has 0 bridgehead atoms. The number of rotatable bonds is 9. The van der Waals surface area contributed by atoms with E-state index in [0.29, 0.717) is 30.0 Å². The lowest BCUT2D eigenvalue weighted by atomic mass is 10.1. The molecule has 2 rings (SSSR count). The third-order valence-corrected chi connectivity index (χ3v) is 5.90. The minimum absolute atomic E-state index is 0.127. The van der Waals surface area contributed by atoms with Crippen molar-refractivity contribution in [1.82, 2.24) is 4.31 Å². The molecular formula is C19H24N2O5S. The molecule has 2 aromatic carbocycles. The topological polar surface area (TPSA) is 98.9 Å². The van der Waals surface area contributed by atoms with E-state index in [2.05, 4.69) is 0 Å². The Morgan fingerprint density at radius 2 is 1.67 bits per heavy atom. The highest BCUT2D eigenvalue weighted by molar-refractivity contribution is 7.89. The lowest BCUT2D eigenvalue weighted by Gasteiger charge is -2.22. The van der Waals surface area contributed by atoms with Gasteiger partial charge in [-0.25, -0.2) is 8.42 Å². The molecule has 7 nitrogen and oxygen atoms in total. The minimum Gasteiger partial charge on any atom is -0.493 e. The number of benzene rings is 2. The van der Waals surface area contributed by atoms with Crippen LogP contribution in [-0.2, 0) is 16.6 Å². The Hall–Kier alpha value is -2.58. The first kappa shape index (κ1) is 20.7. The van der Waals surface area contributed by atoms with Crippen molar-refractivity contribution in [1.29, 1.82) is 0 Å². The number of primary amides is 1. The van der Waals surface area contributed by atoms with E-state index in [9.17, 15) is 13.2 Å². The van der Waals surface area contributed by atoms with Crippen LogP contribution in [0.4, 0.5) is 0 Å². The highest BCUT2D eigenvalue weighted by atomic mass is 32.2. The van der Waals surface area contributed by atoms with Gasteiger partial charge < -0.3 is 15.2 Å². The Morgan fingerprint density at radius 1 is 1.04 bits per heavy atom. The van der Waals surface area contributed by atoms with Crippen LogP contribution in [0.15, 0.2) is 47.4 Å². The summed E-state index contributed by atoms with van der Waals surface area (Å²) in [6, 6.07) is 11.1. The van der Waals surface area contributed by atoms with Crippen molar-refractivity contribution in [2.45, 2.75) is 24.8 Å². The molecule has 0 aliphatic carbocycles. The minimum atomic E-state index is -3.74. The van der Waals surface area contributed by atoms with Crippen molar-refractivity contribution in [3.05, 3.63) is 53.6 Å². The van der Waals surface area contributed by atoms with Gasteiger partial charge in [0.1, 0.15) is 0 Å². The zero-order valence-electron chi connectivity index (χ0n) is 15.6. The number of amides is 1. The summed E-state index contributed by atoms with van der Waals surface area (Å²) in [5.74, 6) is 0.284. The van der Waals surface area contributed by atoms with Crippen molar-refractivity contribution in [2.75, 3.05) is 20.8 Å². The summed E-state index contributed by atoms with van der Waals surface area (Å²) >= 11 is 0. The van der Waals surface area contributed by atoms with Crippen LogP contribution < -0.4 is 15.2 Å². The molecular weight excluding hydrogens is 368 g/mol. The van der Waals surface area contributed by atoms with E-state index in [1.807, 2.05) is 6.92 Å². The molecule has 8 heteroatoms. The first-order valence-electron chi connectivity index (χ1n) is 8.44. The maximum absolute atomic E-state index is 13.1. The zero-order chi connectivity index (χ0) is 20.0.